The lowest BCUT2D eigenvalue weighted by Gasteiger charge is -2.39. The quantitative estimate of drug-likeness (QED) is 0.357. The van der Waals surface area contributed by atoms with Crippen molar-refractivity contribution in [3.63, 3.8) is 0 Å². The third-order valence-electron chi connectivity index (χ3n) is 6.03. The average molecular weight is 648 g/mol. The minimum atomic E-state index is -2.99. The molecule has 1 saturated heterocycles. The van der Waals surface area contributed by atoms with Crippen molar-refractivity contribution in [3.05, 3.63) is 61.9 Å². The molecule has 1 aromatic carbocycles. The Morgan fingerprint density at radius 1 is 1.38 bits per heavy atom. The number of aliphatic imine (C=N–C) groups is 1. The summed E-state index contributed by atoms with van der Waals surface area (Å²) in [6, 6.07) is 3.12. The van der Waals surface area contributed by atoms with Crippen LogP contribution in [0.25, 0.3) is 0 Å². The predicted molar refractivity (Wildman–Crippen MR) is 147 cm³/mol. The lowest BCUT2D eigenvalue weighted by atomic mass is 9.93. The Labute approximate surface area is 239 Å². The van der Waals surface area contributed by atoms with Crippen LogP contribution in [0.1, 0.15) is 30.0 Å². The summed E-state index contributed by atoms with van der Waals surface area (Å²) < 4.78 is 49.2. The van der Waals surface area contributed by atoms with E-state index in [-0.39, 0.29) is 43.2 Å². The fraction of sp³-hybridized carbons (Fsp3) is 0.440. The molecule has 2 N–H and O–H groups in total. The number of aliphatic carboxylic acids is 1. The number of carboxylic acids is 1. The van der Waals surface area contributed by atoms with E-state index in [0.29, 0.717) is 26.6 Å². The molecule has 0 radical (unpaired) electrons. The SMILES string of the molecule is CCOC(=O)C1=C(CN2CC(CSCC(=O)O)CC(F)(F)C2)NC(c2nccs2)=N[C@H]1c1ccc(F)cc1Br. The van der Waals surface area contributed by atoms with E-state index in [1.807, 2.05) is 0 Å². The minimum absolute atomic E-state index is 0.0382. The van der Waals surface area contributed by atoms with Crippen LogP contribution >= 0.6 is 39.0 Å². The van der Waals surface area contributed by atoms with Crippen molar-refractivity contribution in [1.82, 2.24) is 15.2 Å². The van der Waals surface area contributed by atoms with Gasteiger partial charge in [-0.25, -0.2) is 22.9 Å². The van der Waals surface area contributed by atoms with Gasteiger partial charge in [0.1, 0.15) is 11.9 Å². The Hall–Kier alpha value is -2.42. The lowest BCUT2D eigenvalue weighted by Crippen LogP contribution is -2.50. The van der Waals surface area contributed by atoms with E-state index in [1.54, 1.807) is 23.4 Å². The number of hydrogen-bond donors (Lipinski definition) is 2. The standard InChI is InChI=1S/C25H26BrF3N4O4S2/c1-2-37-24(36)20-18(10-33-9-14(8-25(28,29)13-33)11-38-12-19(34)35)31-22(23-30-5-6-39-23)32-21(20)16-4-3-15(27)7-17(16)26/h3-7,14,21H,2,8-13H2,1H3,(H,31,32)(H,34,35)/t14?,21-/m0/s1. The Balaban J connectivity index is 1.72. The summed E-state index contributed by atoms with van der Waals surface area (Å²) in [4.78, 5) is 34.8. The summed E-state index contributed by atoms with van der Waals surface area (Å²) in [5.41, 5.74) is 0.971. The van der Waals surface area contributed by atoms with Crippen LogP contribution in [0.15, 0.2) is 50.5 Å². The highest BCUT2D eigenvalue weighted by molar-refractivity contribution is 9.10. The molecule has 3 heterocycles. The first-order valence-electron chi connectivity index (χ1n) is 12.1. The Kier molecular flexibility index (Phi) is 9.73. The second-order valence-electron chi connectivity index (χ2n) is 9.13. The van der Waals surface area contributed by atoms with Gasteiger partial charge in [-0.1, -0.05) is 22.0 Å². The number of aromatic nitrogens is 1. The number of alkyl halides is 2. The van der Waals surface area contributed by atoms with Crippen molar-refractivity contribution in [2.24, 2.45) is 10.9 Å². The number of carboxylic acid groups (broad SMARTS) is 1. The van der Waals surface area contributed by atoms with Gasteiger partial charge in [-0.05, 0) is 36.3 Å². The molecule has 0 saturated carbocycles. The van der Waals surface area contributed by atoms with Gasteiger partial charge in [0.05, 0.1) is 24.5 Å². The van der Waals surface area contributed by atoms with Crippen LogP contribution in [0, 0.1) is 11.7 Å². The van der Waals surface area contributed by atoms with Crippen LogP contribution in [-0.4, -0.2) is 76.4 Å². The monoisotopic (exact) mass is 646 g/mol. The number of benzene rings is 1. The molecule has 4 rings (SSSR count). The molecule has 0 bridgehead atoms. The number of likely N-dealkylation sites (tertiary alicyclic amines) is 1. The van der Waals surface area contributed by atoms with Gasteiger partial charge in [-0.15, -0.1) is 23.1 Å². The number of hydrogen-bond acceptors (Lipinski definition) is 9. The molecule has 0 amide bonds. The van der Waals surface area contributed by atoms with Crippen LogP contribution < -0.4 is 5.32 Å². The zero-order valence-electron chi connectivity index (χ0n) is 20.8. The number of rotatable bonds is 10. The first kappa shape index (κ1) is 29.6. The molecule has 8 nitrogen and oxygen atoms in total. The molecule has 2 atom stereocenters. The molecule has 210 valence electrons. The maximum absolute atomic E-state index is 14.8. The van der Waals surface area contributed by atoms with Crippen molar-refractivity contribution < 1.29 is 32.6 Å². The van der Waals surface area contributed by atoms with Gasteiger partial charge >= 0.3 is 11.9 Å². The zero-order valence-corrected chi connectivity index (χ0v) is 24.1. The van der Waals surface area contributed by atoms with Gasteiger partial charge in [-0.3, -0.25) is 14.7 Å². The number of nitrogens with one attached hydrogen (secondary N) is 1. The Morgan fingerprint density at radius 3 is 2.85 bits per heavy atom. The van der Waals surface area contributed by atoms with E-state index in [9.17, 15) is 22.8 Å². The van der Waals surface area contributed by atoms with Crippen molar-refractivity contribution >= 4 is 56.8 Å². The largest absolute Gasteiger partial charge is 0.481 e. The van der Waals surface area contributed by atoms with Crippen LogP contribution in [0.3, 0.4) is 0 Å². The highest BCUT2D eigenvalue weighted by atomic mass is 79.9. The molecule has 39 heavy (non-hydrogen) atoms. The second-order valence-corrected chi connectivity index (χ2v) is 11.9. The molecule has 1 fully saturated rings. The molecule has 14 heteroatoms. The number of thioether (sulfide) groups is 1. The molecule has 2 aliphatic rings. The maximum atomic E-state index is 14.8. The molecule has 1 aromatic heterocycles. The number of carbonyl (C=O) groups is 2. The van der Waals surface area contributed by atoms with Crippen molar-refractivity contribution in [3.8, 4) is 0 Å². The first-order valence-corrected chi connectivity index (χ1v) is 14.9. The van der Waals surface area contributed by atoms with Crippen LogP contribution in [-0.2, 0) is 14.3 Å². The number of halogens is 4. The van der Waals surface area contributed by atoms with E-state index in [4.69, 9.17) is 14.8 Å². The number of esters is 1. The first-order chi connectivity index (χ1) is 18.6. The highest BCUT2D eigenvalue weighted by Gasteiger charge is 2.42. The Bertz CT molecular complexity index is 1280. The number of nitrogens with zero attached hydrogens (tertiary/aromatic N) is 3. The van der Waals surface area contributed by atoms with Crippen LogP contribution in [0.4, 0.5) is 13.2 Å². The summed E-state index contributed by atoms with van der Waals surface area (Å²) in [6.07, 6.45) is 1.26. The smallest absolute Gasteiger partial charge is 0.338 e. The zero-order chi connectivity index (χ0) is 28.2. The number of ether oxygens (including phenoxy) is 1. The van der Waals surface area contributed by atoms with Crippen molar-refractivity contribution in [2.75, 3.05) is 37.7 Å². The molecule has 0 spiro atoms. The van der Waals surface area contributed by atoms with E-state index in [2.05, 4.69) is 26.2 Å². The summed E-state index contributed by atoms with van der Waals surface area (Å²) in [7, 11) is 0. The number of piperidine rings is 1. The van der Waals surface area contributed by atoms with E-state index in [0.717, 1.165) is 11.8 Å². The summed E-state index contributed by atoms with van der Waals surface area (Å²) in [6.45, 7) is 1.47. The van der Waals surface area contributed by atoms with Gasteiger partial charge < -0.3 is 15.2 Å². The number of carbonyl (C=O) groups excluding carboxylic acids is 1. The average Bonchev–Trinajstić information content (AvgIpc) is 3.38. The van der Waals surface area contributed by atoms with E-state index < -0.39 is 42.2 Å². The molecule has 2 aliphatic heterocycles. The van der Waals surface area contributed by atoms with Crippen molar-refractivity contribution in [1.29, 1.82) is 0 Å². The van der Waals surface area contributed by atoms with Gasteiger partial charge in [-0.2, -0.15) is 0 Å². The summed E-state index contributed by atoms with van der Waals surface area (Å²) in [5, 5.41) is 14.4. The third kappa shape index (κ3) is 7.62. The van der Waals surface area contributed by atoms with Crippen molar-refractivity contribution in [2.45, 2.75) is 25.3 Å². The fourth-order valence-electron chi connectivity index (χ4n) is 4.64. The molecule has 2 aromatic rings. The predicted octanol–water partition coefficient (Wildman–Crippen LogP) is 4.73. The molecule has 0 aliphatic carbocycles. The lowest BCUT2D eigenvalue weighted by molar-refractivity contribution is -0.139. The van der Waals surface area contributed by atoms with Crippen LogP contribution in [0.2, 0.25) is 0 Å². The van der Waals surface area contributed by atoms with Gasteiger partial charge in [0.2, 0.25) is 0 Å². The number of thiazole rings is 1. The maximum Gasteiger partial charge on any atom is 0.338 e. The second kappa shape index (κ2) is 12.8. The summed E-state index contributed by atoms with van der Waals surface area (Å²) in [5.74, 6) is -5.11. The minimum Gasteiger partial charge on any atom is -0.481 e. The fourth-order valence-corrected chi connectivity index (χ4v) is 6.65. The van der Waals surface area contributed by atoms with Crippen LogP contribution in [0.5, 0.6) is 0 Å². The third-order valence-corrected chi connectivity index (χ3v) is 8.66. The van der Waals surface area contributed by atoms with Gasteiger partial charge in [0, 0.05) is 41.3 Å². The van der Waals surface area contributed by atoms with E-state index >= 15 is 0 Å². The number of amidine groups is 1. The normalized spacial score (nSPS) is 21.3. The molecule has 1 unspecified atom stereocenters. The van der Waals surface area contributed by atoms with E-state index in [1.165, 1.54) is 29.5 Å². The summed E-state index contributed by atoms with van der Waals surface area (Å²) >= 11 is 5.79. The van der Waals surface area contributed by atoms with Gasteiger partial charge in [0.15, 0.2) is 10.8 Å². The topological polar surface area (TPSA) is 104 Å². The Morgan fingerprint density at radius 2 is 2.18 bits per heavy atom. The highest BCUT2D eigenvalue weighted by Crippen LogP contribution is 2.38. The molecular formula is C25H26BrF3N4O4S2. The molecular weight excluding hydrogens is 621 g/mol. The van der Waals surface area contributed by atoms with Gasteiger partial charge in [0.25, 0.3) is 5.92 Å².